The van der Waals surface area contributed by atoms with E-state index in [1.807, 2.05) is 30.3 Å². The van der Waals surface area contributed by atoms with Gasteiger partial charge in [-0.15, -0.1) is 0 Å². The highest BCUT2D eigenvalue weighted by Gasteiger charge is 2.27. The summed E-state index contributed by atoms with van der Waals surface area (Å²) < 4.78 is 25.6. The maximum Gasteiger partial charge on any atom is 0.243 e. The second kappa shape index (κ2) is 8.59. The molecule has 3 rings (SSSR count). The summed E-state index contributed by atoms with van der Waals surface area (Å²) in [7, 11) is -3.69. The van der Waals surface area contributed by atoms with Crippen LogP contribution in [-0.4, -0.2) is 58.2 Å². The minimum atomic E-state index is -3.69. The molecule has 6 nitrogen and oxygen atoms in total. The summed E-state index contributed by atoms with van der Waals surface area (Å²) in [6, 6.07) is 14.5. The van der Waals surface area contributed by atoms with Crippen molar-refractivity contribution in [3.63, 3.8) is 0 Å². The van der Waals surface area contributed by atoms with Crippen LogP contribution in [0.5, 0.6) is 0 Å². The smallest absolute Gasteiger partial charge is 0.243 e. The fourth-order valence-electron chi connectivity index (χ4n) is 3.14. The second-order valence-corrected chi connectivity index (χ2v) is 9.32. The Labute approximate surface area is 175 Å². The molecule has 0 aliphatic carbocycles. The molecule has 0 spiro atoms. The van der Waals surface area contributed by atoms with Gasteiger partial charge in [-0.05, 0) is 30.3 Å². The van der Waals surface area contributed by atoms with Gasteiger partial charge >= 0.3 is 0 Å². The minimum Gasteiger partial charge on any atom is -0.368 e. The predicted molar refractivity (Wildman–Crippen MR) is 114 cm³/mol. The van der Waals surface area contributed by atoms with Gasteiger partial charge in [0.15, 0.2) is 0 Å². The molecule has 1 fully saturated rings. The van der Waals surface area contributed by atoms with Crippen LogP contribution in [0.4, 0.5) is 11.4 Å². The van der Waals surface area contributed by atoms with Crippen LogP contribution >= 0.6 is 23.2 Å². The van der Waals surface area contributed by atoms with Crippen molar-refractivity contribution in [1.29, 1.82) is 0 Å². The fraction of sp³-hybridized carbons (Fsp3) is 0.316. The fourth-order valence-corrected chi connectivity index (χ4v) is 4.56. The molecule has 28 heavy (non-hydrogen) atoms. The first-order valence-electron chi connectivity index (χ1n) is 8.76. The van der Waals surface area contributed by atoms with Crippen LogP contribution < -0.4 is 9.21 Å². The van der Waals surface area contributed by atoms with Crippen molar-refractivity contribution in [3.05, 3.63) is 58.6 Å². The summed E-state index contributed by atoms with van der Waals surface area (Å²) in [6.45, 7) is 2.14. The summed E-state index contributed by atoms with van der Waals surface area (Å²) >= 11 is 12.1. The molecule has 0 bridgehead atoms. The average Bonchev–Trinajstić information content (AvgIpc) is 2.66. The lowest BCUT2D eigenvalue weighted by Gasteiger charge is -2.37. The highest BCUT2D eigenvalue weighted by molar-refractivity contribution is 7.92. The van der Waals surface area contributed by atoms with Crippen molar-refractivity contribution in [2.45, 2.75) is 0 Å². The van der Waals surface area contributed by atoms with Crippen LogP contribution in [-0.2, 0) is 14.8 Å². The van der Waals surface area contributed by atoms with Gasteiger partial charge in [0.2, 0.25) is 15.9 Å². The predicted octanol–water partition coefficient (Wildman–Crippen LogP) is 3.11. The normalized spacial score (nSPS) is 14.8. The van der Waals surface area contributed by atoms with Crippen LogP contribution in [0.1, 0.15) is 0 Å². The van der Waals surface area contributed by atoms with E-state index in [9.17, 15) is 13.2 Å². The third kappa shape index (κ3) is 4.90. The zero-order chi connectivity index (χ0) is 20.3. The zero-order valence-electron chi connectivity index (χ0n) is 15.4. The molecule has 1 amide bonds. The van der Waals surface area contributed by atoms with Gasteiger partial charge in [0.05, 0.1) is 17.0 Å². The van der Waals surface area contributed by atoms with E-state index in [2.05, 4.69) is 4.90 Å². The van der Waals surface area contributed by atoms with Crippen LogP contribution in [0.2, 0.25) is 10.0 Å². The van der Waals surface area contributed by atoms with E-state index < -0.39 is 10.0 Å². The Hall–Kier alpha value is -1.96. The van der Waals surface area contributed by atoms with Crippen molar-refractivity contribution >= 4 is 50.5 Å². The van der Waals surface area contributed by atoms with Crippen LogP contribution in [0.3, 0.4) is 0 Å². The molecule has 1 saturated heterocycles. The highest BCUT2D eigenvalue weighted by Crippen LogP contribution is 2.30. The molecule has 0 unspecified atom stereocenters. The molecule has 0 N–H and O–H groups in total. The quantitative estimate of drug-likeness (QED) is 0.714. The van der Waals surface area contributed by atoms with Gasteiger partial charge in [-0.25, -0.2) is 8.42 Å². The van der Waals surface area contributed by atoms with Gasteiger partial charge in [0, 0.05) is 36.9 Å². The van der Waals surface area contributed by atoms with E-state index in [-0.39, 0.29) is 23.2 Å². The molecule has 2 aromatic carbocycles. The SMILES string of the molecule is CS(=O)(=O)N(CC(=O)N1CCN(c2ccccc2)CC1)c1ccc(Cl)cc1Cl. The topological polar surface area (TPSA) is 60.9 Å². The van der Waals surface area contributed by atoms with E-state index in [1.54, 1.807) is 11.0 Å². The summed E-state index contributed by atoms with van der Waals surface area (Å²) in [4.78, 5) is 16.7. The molecule has 0 aromatic heterocycles. The number of amides is 1. The largest absolute Gasteiger partial charge is 0.368 e. The molecule has 1 heterocycles. The standard InChI is InChI=1S/C19H21Cl2N3O3S/c1-28(26,27)24(18-8-7-15(20)13-17(18)21)14-19(25)23-11-9-22(10-12-23)16-5-3-2-4-6-16/h2-8,13H,9-12,14H2,1H3. The number of piperazine rings is 1. The lowest BCUT2D eigenvalue weighted by atomic mass is 10.2. The van der Waals surface area contributed by atoms with E-state index in [0.29, 0.717) is 31.2 Å². The summed E-state index contributed by atoms with van der Waals surface area (Å²) in [6.07, 6.45) is 1.05. The molecular weight excluding hydrogens is 421 g/mol. The first-order valence-corrected chi connectivity index (χ1v) is 11.4. The minimum absolute atomic E-state index is 0.180. The van der Waals surface area contributed by atoms with Gasteiger partial charge in [-0.1, -0.05) is 41.4 Å². The van der Waals surface area contributed by atoms with Crippen LogP contribution in [0.25, 0.3) is 0 Å². The lowest BCUT2D eigenvalue weighted by molar-refractivity contribution is -0.129. The molecule has 2 aromatic rings. The molecule has 1 aliphatic heterocycles. The first kappa shape index (κ1) is 20.8. The Balaban J connectivity index is 1.70. The van der Waals surface area contributed by atoms with Gasteiger partial charge in [0.25, 0.3) is 0 Å². The lowest BCUT2D eigenvalue weighted by Crippen LogP contribution is -2.52. The van der Waals surface area contributed by atoms with Gasteiger partial charge in [0.1, 0.15) is 6.54 Å². The number of para-hydroxylation sites is 1. The van der Waals surface area contributed by atoms with Gasteiger partial charge < -0.3 is 9.80 Å². The van der Waals surface area contributed by atoms with Gasteiger partial charge in [-0.3, -0.25) is 9.10 Å². The molecule has 1 aliphatic rings. The number of benzene rings is 2. The Morgan fingerprint density at radius 2 is 1.68 bits per heavy atom. The molecule has 150 valence electrons. The van der Waals surface area contributed by atoms with Crippen molar-refractivity contribution < 1.29 is 13.2 Å². The summed E-state index contributed by atoms with van der Waals surface area (Å²) in [5.74, 6) is -0.260. The number of rotatable bonds is 5. The van der Waals surface area contributed by atoms with Crippen molar-refractivity contribution in [1.82, 2.24) is 4.90 Å². The van der Waals surface area contributed by atoms with Crippen molar-refractivity contribution in [2.75, 3.05) is 48.2 Å². The third-order valence-electron chi connectivity index (χ3n) is 4.61. The Bertz CT molecular complexity index is 946. The van der Waals surface area contributed by atoms with Crippen molar-refractivity contribution in [3.8, 4) is 0 Å². The van der Waals surface area contributed by atoms with E-state index in [0.717, 1.165) is 16.2 Å². The number of anilines is 2. The third-order valence-corrected chi connectivity index (χ3v) is 6.28. The number of carbonyl (C=O) groups excluding carboxylic acids is 1. The summed E-state index contributed by atoms with van der Waals surface area (Å²) in [5, 5.41) is 0.574. The van der Waals surface area contributed by atoms with E-state index in [4.69, 9.17) is 23.2 Å². The Kier molecular flexibility index (Phi) is 6.37. The molecule has 0 atom stereocenters. The Morgan fingerprint density at radius 1 is 1.04 bits per heavy atom. The monoisotopic (exact) mass is 441 g/mol. The number of nitrogens with zero attached hydrogens (tertiary/aromatic N) is 3. The zero-order valence-corrected chi connectivity index (χ0v) is 17.7. The van der Waals surface area contributed by atoms with E-state index in [1.165, 1.54) is 12.1 Å². The van der Waals surface area contributed by atoms with Crippen LogP contribution in [0.15, 0.2) is 48.5 Å². The number of carbonyl (C=O) groups is 1. The number of sulfonamides is 1. The van der Waals surface area contributed by atoms with Crippen molar-refractivity contribution in [2.24, 2.45) is 0 Å². The molecular formula is C19H21Cl2N3O3S. The summed E-state index contributed by atoms with van der Waals surface area (Å²) in [5.41, 5.74) is 1.35. The number of hydrogen-bond acceptors (Lipinski definition) is 4. The molecule has 0 saturated carbocycles. The maximum absolute atomic E-state index is 12.8. The van der Waals surface area contributed by atoms with E-state index >= 15 is 0 Å². The maximum atomic E-state index is 12.8. The Morgan fingerprint density at radius 3 is 2.25 bits per heavy atom. The average molecular weight is 442 g/mol. The molecule has 9 heteroatoms. The van der Waals surface area contributed by atoms with Gasteiger partial charge in [-0.2, -0.15) is 0 Å². The van der Waals surface area contributed by atoms with Crippen LogP contribution in [0, 0.1) is 0 Å². The first-order chi connectivity index (χ1) is 13.3. The number of hydrogen-bond donors (Lipinski definition) is 0. The molecule has 0 radical (unpaired) electrons. The number of halogens is 2. The second-order valence-electron chi connectivity index (χ2n) is 6.57. The highest BCUT2D eigenvalue weighted by atomic mass is 35.5.